The molecule has 0 aliphatic heterocycles. The number of benzene rings is 2. The summed E-state index contributed by atoms with van der Waals surface area (Å²) in [6.07, 6.45) is 0. The molecule has 1 aromatic heterocycles. The molecule has 0 amide bonds. The lowest BCUT2D eigenvalue weighted by atomic mass is 10.1. The van der Waals surface area contributed by atoms with Gasteiger partial charge in [-0.15, -0.1) is 0 Å². The maximum Gasteiger partial charge on any atom is 0.259 e. The molecule has 0 atom stereocenters. The average molecular weight is 284 g/mol. The Balaban J connectivity index is 2.25. The van der Waals surface area contributed by atoms with Gasteiger partial charge in [-0.2, -0.15) is 0 Å². The molecule has 0 saturated carbocycles. The first-order valence-electron chi connectivity index (χ1n) is 6.61. The zero-order valence-corrected chi connectivity index (χ0v) is 11.4. The molecule has 0 radical (unpaired) electrons. The summed E-state index contributed by atoms with van der Waals surface area (Å²) in [6.45, 7) is 2.28. The Bertz CT molecular complexity index is 858. The van der Waals surface area contributed by atoms with Crippen molar-refractivity contribution in [1.29, 1.82) is 0 Å². The van der Waals surface area contributed by atoms with E-state index in [0.717, 1.165) is 0 Å². The van der Waals surface area contributed by atoms with Gasteiger partial charge < -0.3 is 9.72 Å². The number of hydrogen-bond acceptors (Lipinski definition) is 3. The van der Waals surface area contributed by atoms with Crippen LogP contribution in [0.1, 0.15) is 6.92 Å². The highest BCUT2D eigenvalue weighted by Gasteiger charge is 2.12. The van der Waals surface area contributed by atoms with Gasteiger partial charge in [0.2, 0.25) is 0 Å². The minimum Gasteiger partial charge on any atom is -0.493 e. The zero-order valence-electron chi connectivity index (χ0n) is 11.4. The van der Waals surface area contributed by atoms with E-state index in [2.05, 4.69) is 9.97 Å². The van der Waals surface area contributed by atoms with Crippen LogP contribution in [0.25, 0.3) is 22.3 Å². The molecule has 0 unspecified atom stereocenters. The van der Waals surface area contributed by atoms with Crippen LogP contribution in [0.4, 0.5) is 4.39 Å². The molecule has 1 N–H and O–H groups in total. The number of fused-ring (bicyclic) bond motifs is 1. The van der Waals surface area contributed by atoms with Crippen LogP contribution in [-0.4, -0.2) is 16.6 Å². The van der Waals surface area contributed by atoms with Gasteiger partial charge in [-0.25, -0.2) is 9.37 Å². The summed E-state index contributed by atoms with van der Waals surface area (Å²) in [5.41, 5.74) is 0.727. The minimum atomic E-state index is -0.413. The number of ether oxygens (including phenoxy) is 1. The summed E-state index contributed by atoms with van der Waals surface area (Å²) >= 11 is 0. The number of H-pyrrole nitrogens is 1. The maximum atomic E-state index is 13.5. The highest BCUT2D eigenvalue weighted by molar-refractivity contribution is 5.80. The van der Waals surface area contributed by atoms with E-state index in [1.165, 1.54) is 18.2 Å². The first-order chi connectivity index (χ1) is 10.2. The van der Waals surface area contributed by atoms with E-state index in [-0.39, 0.29) is 5.56 Å². The highest BCUT2D eigenvalue weighted by atomic mass is 19.1. The van der Waals surface area contributed by atoms with E-state index >= 15 is 0 Å². The van der Waals surface area contributed by atoms with E-state index in [0.29, 0.717) is 34.6 Å². The Labute approximate surface area is 120 Å². The molecule has 3 aromatic rings. The van der Waals surface area contributed by atoms with Gasteiger partial charge in [-0.1, -0.05) is 12.1 Å². The number of nitrogens with one attached hydrogen (secondary N) is 1. The van der Waals surface area contributed by atoms with Crippen molar-refractivity contribution in [2.75, 3.05) is 6.61 Å². The first kappa shape index (κ1) is 13.3. The quantitative estimate of drug-likeness (QED) is 0.804. The first-order valence-corrected chi connectivity index (χ1v) is 6.61. The highest BCUT2D eigenvalue weighted by Crippen LogP contribution is 2.28. The molecule has 0 aliphatic rings. The van der Waals surface area contributed by atoms with E-state index < -0.39 is 5.82 Å². The third-order valence-electron chi connectivity index (χ3n) is 3.11. The fraction of sp³-hybridized carbons (Fsp3) is 0.125. The fourth-order valence-electron chi connectivity index (χ4n) is 2.18. The van der Waals surface area contributed by atoms with Crippen LogP contribution in [-0.2, 0) is 0 Å². The van der Waals surface area contributed by atoms with Crippen molar-refractivity contribution < 1.29 is 9.13 Å². The predicted molar refractivity (Wildman–Crippen MR) is 78.9 cm³/mol. The lowest BCUT2D eigenvalue weighted by Gasteiger charge is -2.10. The molecule has 0 fully saturated rings. The molecule has 4 nitrogen and oxygen atoms in total. The molecule has 3 rings (SSSR count). The lowest BCUT2D eigenvalue weighted by Crippen LogP contribution is -2.10. The number of aromatic nitrogens is 2. The minimum absolute atomic E-state index is 0.262. The summed E-state index contributed by atoms with van der Waals surface area (Å²) < 4.78 is 19.0. The second-order valence-corrected chi connectivity index (χ2v) is 4.51. The lowest BCUT2D eigenvalue weighted by molar-refractivity contribution is 0.341. The number of para-hydroxylation sites is 1. The van der Waals surface area contributed by atoms with E-state index in [1.807, 2.05) is 6.92 Å². The van der Waals surface area contributed by atoms with Gasteiger partial charge in [0.05, 0.1) is 23.1 Å². The average Bonchev–Trinajstić information content (AvgIpc) is 2.49. The van der Waals surface area contributed by atoms with Crippen molar-refractivity contribution in [3.05, 3.63) is 58.6 Å². The zero-order chi connectivity index (χ0) is 14.8. The topological polar surface area (TPSA) is 55.0 Å². The van der Waals surface area contributed by atoms with Gasteiger partial charge in [0, 0.05) is 0 Å². The number of nitrogens with zero attached hydrogens (tertiary/aromatic N) is 1. The van der Waals surface area contributed by atoms with Crippen LogP contribution in [0.5, 0.6) is 5.75 Å². The molecule has 21 heavy (non-hydrogen) atoms. The molecule has 5 heteroatoms. The molecule has 1 heterocycles. The van der Waals surface area contributed by atoms with Crippen LogP contribution in [0, 0.1) is 5.82 Å². The van der Waals surface area contributed by atoms with Gasteiger partial charge in [-0.05, 0) is 37.3 Å². The second kappa shape index (κ2) is 5.36. The number of aromatic amines is 1. The van der Waals surface area contributed by atoms with E-state index in [1.54, 1.807) is 24.3 Å². The number of hydrogen-bond donors (Lipinski definition) is 1. The summed E-state index contributed by atoms with van der Waals surface area (Å²) in [6, 6.07) is 11.2. The largest absolute Gasteiger partial charge is 0.493 e. The molecular weight excluding hydrogens is 271 g/mol. The smallest absolute Gasteiger partial charge is 0.259 e. The van der Waals surface area contributed by atoms with E-state index in [9.17, 15) is 9.18 Å². The third kappa shape index (κ3) is 2.50. The molecule has 0 spiro atoms. The number of rotatable bonds is 3. The maximum absolute atomic E-state index is 13.5. The van der Waals surface area contributed by atoms with Crippen LogP contribution in [0.3, 0.4) is 0 Å². The summed E-state index contributed by atoms with van der Waals surface area (Å²) in [4.78, 5) is 19.2. The van der Waals surface area contributed by atoms with Crippen LogP contribution < -0.4 is 10.3 Å². The Hall–Kier alpha value is -2.69. The summed E-state index contributed by atoms with van der Waals surface area (Å²) in [7, 11) is 0. The van der Waals surface area contributed by atoms with Gasteiger partial charge in [0.25, 0.3) is 5.56 Å². The molecule has 2 aromatic carbocycles. The van der Waals surface area contributed by atoms with Gasteiger partial charge >= 0.3 is 0 Å². The standard InChI is InChI=1S/C16H13FN2O2/c1-2-21-14-8-7-10(17)9-12(14)15-18-13-6-4-3-5-11(13)16(20)19-15/h3-9H,2H2,1H3,(H,18,19,20). The van der Waals surface area contributed by atoms with Crippen molar-refractivity contribution >= 4 is 10.9 Å². The molecule has 106 valence electrons. The third-order valence-corrected chi connectivity index (χ3v) is 3.11. The van der Waals surface area contributed by atoms with Crippen molar-refractivity contribution in [3.63, 3.8) is 0 Å². The van der Waals surface area contributed by atoms with Crippen molar-refractivity contribution in [3.8, 4) is 17.1 Å². The van der Waals surface area contributed by atoms with Crippen molar-refractivity contribution in [1.82, 2.24) is 9.97 Å². The molecule has 0 saturated heterocycles. The van der Waals surface area contributed by atoms with Gasteiger partial charge in [-0.3, -0.25) is 4.79 Å². The summed E-state index contributed by atoms with van der Waals surface area (Å²) in [5, 5.41) is 0.496. The van der Waals surface area contributed by atoms with Gasteiger partial charge in [0.15, 0.2) is 0 Å². The molecule has 0 bridgehead atoms. The SMILES string of the molecule is CCOc1ccc(F)cc1-c1nc2ccccc2c(=O)[nH]1. The van der Waals surface area contributed by atoms with Crippen molar-refractivity contribution in [2.24, 2.45) is 0 Å². The van der Waals surface area contributed by atoms with Crippen LogP contribution >= 0.6 is 0 Å². The monoisotopic (exact) mass is 284 g/mol. The Morgan fingerprint density at radius 1 is 1.24 bits per heavy atom. The van der Waals surface area contributed by atoms with Crippen molar-refractivity contribution in [2.45, 2.75) is 6.92 Å². The van der Waals surface area contributed by atoms with E-state index in [4.69, 9.17) is 4.74 Å². The van der Waals surface area contributed by atoms with Crippen LogP contribution in [0.15, 0.2) is 47.3 Å². The Morgan fingerprint density at radius 2 is 2.05 bits per heavy atom. The number of halogens is 1. The normalized spacial score (nSPS) is 10.8. The Morgan fingerprint density at radius 3 is 2.86 bits per heavy atom. The summed E-state index contributed by atoms with van der Waals surface area (Å²) in [5.74, 6) is 0.364. The van der Waals surface area contributed by atoms with Crippen LogP contribution in [0.2, 0.25) is 0 Å². The molecular formula is C16H13FN2O2. The molecule has 0 aliphatic carbocycles. The fourth-order valence-corrected chi connectivity index (χ4v) is 2.18. The predicted octanol–water partition coefficient (Wildman–Crippen LogP) is 3.13. The second-order valence-electron chi connectivity index (χ2n) is 4.51. The Kier molecular flexibility index (Phi) is 3.39. The van der Waals surface area contributed by atoms with Gasteiger partial charge in [0.1, 0.15) is 17.4 Å².